The van der Waals surface area contributed by atoms with E-state index in [0.29, 0.717) is 19.5 Å². The third kappa shape index (κ3) is 2.68. The van der Waals surface area contributed by atoms with E-state index < -0.39 is 11.6 Å². The van der Waals surface area contributed by atoms with Gasteiger partial charge in [-0.15, -0.1) is 0 Å². The first-order valence-electron chi connectivity index (χ1n) is 9.50. The first kappa shape index (κ1) is 17.1. The standard InChI is InChI=1S/C20H25N3O3/c1-14-6-4-5-10-20(14)18(25)23(19(26)21-20)13-17(24)22-11-9-15-7-2-3-8-16(15)12-22/h2-3,7-8,14H,4-6,9-13H2,1H3,(H,21,26)/t14-,20+/m0/s1. The number of rotatable bonds is 2. The average molecular weight is 355 g/mol. The number of hydrogen-bond donors (Lipinski definition) is 1. The van der Waals surface area contributed by atoms with Crippen molar-refractivity contribution in [3.8, 4) is 0 Å². The average Bonchev–Trinajstić information content (AvgIpc) is 2.89. The highest BCUT2D eigenvalue weighted by Gasteiger charge is 2.55. The highest BCUT2D eigenvalue weighted by molar-refractivity contribution is 6.09. The third-order valence-electron chi connectivity index (χ3n) is 6.28. The van der Waals surface area contributed by atoms with Crippen molar-refractivity contribution in [3.63, 3.8) is 0 Å². The number of fused-ring (bicyclic) bond motifs is 1. The second-order valence-corrected chi connectivity index (χ2v) is 7.77. The van der Waals surface area contributed by atoms with Gasteiger partial charge in [0.05, 0.1) is 0 Å². The highest BCUT2D eigenvalue weighted by Crippen LogP contribution is 2.38. The van der Waals surface area contributed by atoms with E-state index in [0.717, 1.165) is 36.1 Å². The molecule has 1 aromatic rings. The molecule has 0 aromatic heterocycles. The van der Waals surface area contributed by atoms with Crippen LogP contribution in [0.25, 0.3) is 0 Å². The van der Waals surface area contributed by atoms with Crippen LogP contribution in [0.15, 0.2) is 24.3 Å². The summed E-state index contributed by atoms with van der Waals surface area (Å²) in [4.78, 5) is 41.1. The number of imide groups is 1. The molecule has 2 aliphatic heterocycles. The zero-order valence-electron chi connectivity index (χ0n) is 15.2. The Bertz CT molecular complexity index is 762. The van der Waals surface area contributed by atoms with Gasteiger partial charge in [0, 0.05) is 13.1 Å². The van der Waals surface area contributed by atoms with Gasteiger partial charge in [0.2, 0.25) is 5.91 Å². The van der Waals surface area contributed by atoms with Crippen molar-refractivity contribution in [2.24, 2.45) is 5.92 Å². The zero-order chi connectivity index (χ0) is 18.3. The van der Waals surface area contributed by atoms with Crippen LogP contribution in [0.4, 0.5) is 4.79 Å². The lowest BCUT2D eigenvalue weighted by molar-refractivity contribution is -0.141. The lowest BCUT2D eigenvalue weighted by atomic mass is 9.73. The van der Waals surface area contributed by atoms with Crippen molar-refractivity contribution in [3.05, 3.63) is 35.4 Å². The zero-order valence-corrected chi connectivity index (χ0v) is 15.2. The fourth-order valence-corrected chi connectivity index (χ4v) is 4.58. The summed E-state index contributed by atoms with van der Waals surface area (Å²) in [5.74, 6) is -0.279. The first-order valence-corrected chi connectivity index (χ1v) is 9.50. The Morgan fingerprint density at radius 1 is 1.23 bits per heavy atom. The van der Waals surface area contributed by atoms with Crippen molar-refractivity contribution in [1.29, 1.82) is 0 Å². The van der Waals surface area contributed by atoms with Crippen LogP contribution in [0.5, 0.6) is 0 Å². The Balaban J connectivity index is 1.46. The summed E-state index contributed by atoms with van der Waals surface area (Å²) < 4.78 is 0. The third-order valence-corrected chi connectivity index (χ3v) is 6.28. The van der Waals surface area contributed by atoms with E-state index in [1.165, 1.54) is 5.56 Å². The minimum absolute atomic E-state index is 0.106. The van der Waals surface area contributed by atoms with Crippen molar-refractivity contribution < 1.29 is 14.4 Å². The summed E-state index contributed by atoms with van der Waals surface area (Å²) in [6.45, 7) is 3.02. The minimum Gasteiger partial charge on any atom is -0.336 e. The maximum atomic E-state index is 13.0. The molecule has 138 valence electrons. The Hall–Kier alpha value is -2.37. The fourth-order valence-electron chi connectivity index (χ4n) is 4.58. The lowest BCUT2D eigenvalue weighted by Gasteiger charge is -2.37. The van der Waals surface area contributed by atoms with Crippen molar-refractivity contribution >= 4 is 17.8 Å². The molecule has 2 fully saturated rings. The molecule has 1 aromatic carbocycles. The van der Waals surface area contributed by atoms with Crippen LogP contribution in [0, 0.1) is 5.92 Å². The molecule has 6 heteroatoms. The van der Waals surface area contributed by atoms with Gasteiger partial charge in [-0.25, -0.2) is 4.79 Å². The molecule has 6 nitrogen and oxygen atoms in total. The summed E-state index contributed by atoms with van der Waals surface area (Å²) in [6.07, 6.45) is 4.42. The normalized spacial score (nSPS) is 28.3. The van der Waals surface area contributed by atoms with Gasteiger partial charge in [0.25, 0.3) is 5.91 Å². The van der Waals surface area contributed by atoms with Crippen molar-refractivity contribution in [2.45, 2.75) is 51.1 Å². The van der Waals surface area contributed by atoms with Crippen LogP contribution < -0.4 is 5.32 Å². The molecule has 1 spiro atoms. The number of hydrogen-bond acceptors (Lipinski definition) is 3. The first-order chi connectivity index (χ1) is 12.5. The van der Waals surface area contributed by atoms with E-state index in [-0.39, 0.29) is 24.3 Å². The molecule has 2 heterocycles. The molecule has 0 unspecified atom stereocenters. The fraction of sp³-hybridized carbons (Fsp3) is 0.550. The van der Waals surface area contributed by atoms with Gasteiger partial charge in [0.1, 0.15) is 12.1 Å². The second-order valence-electron chi connectivity index (χ2n) is 7.77. The molecular weight excluding hydrogens is 330 g/mol. The van der Waals surface area contributed by atoms with E-state index in [9.17, 15) is 14.4 Å². The lowest BCUT2D eigenvalue weighted by Crippen LogP contribution is -2.54. The minimum atomic E-state index is -0.801. The van der Waals surface area contributed by atoms with Gasteiger partial charge < -0.3 is 10.2 Å². The van der Waals surface area contributed by atoms with E-state index in [2.05, 4.69) is 11.4 Å². The topological polar surface area (TPSA) is 69.7 Å². The van der Waals surface area contributed by atoms with Gasteiger partial charge >= 0.3 is 6.03 Å². The molecule has 0 radical (unpaired) electrons. The molecule has 1 saturated heterocycles. The number of urea groups is 1. The van der Waals surface area contributed by atoms with Crippen LogP contribution in [0.1, 0.15) is 43.7 Å². The van der Waals surface area contributed by atoms with E-state index in [1.807, 2.05) is 25.1 Å². The predicted octanol–water partition coefficient (Wildman–Crippen LogP) is 2.07. The summed E-state index contributed by atoms with van der Waals surface area (Å²) in [7, 11) is 0. The molecule has 4 rings (SSSR count). The summed E-state index contributed by atoms with van der Waals surface area (Å²) in [6, 6.07) is 7.67. The van der Waals surface area contributed by atoms with Gasteiger partial charge in [0.15, 0.2) is 0 Å². The molecule has 3 aliphatic rings. The van der Waals surface area contributed by atoms with Crippen molar-refractivity contribution in [2.75, 3.05) is 13.1 Å². The van der Waals surface area contributed by atoms with E-state index >= 15 is 0 Å². The molecule has 0 bridgehead atoms. The number of nitrogens with one attached hydrogen (secondary N) is 1. The number of nitrogens with zero attached hydrogens (tertiary/aromatic N) is 2. The Kier molecular flexibility index (Phi) is 4.21. The highest BCUT2D eigenvalue weighted by atomic mass is 16.2. The van der Waals surface area contributed by atoms with Crippen LogP contribution in [-0.4, -0.2) is 46.3 Å². The molecule has 2 atom stereocenters. The molecule has 4 amide bonds. The monoisotopic (exact) mass is 355 g/mol. The quantitative estimate of drug-likeness (QED) is 0.826. The number of carbonyl (C=O) groups is 3. The second kappa shape index (κ2) is 6.41. The van der Waals surface area contributed by atoms with Gasteiger partial charge in [-0.1, -0.05) is 44.0 Å². The van der Waals surface area contributed by atoms with Gasteiger partial charge in [-0.2, -0.15) is 0 Å². The largest absolute Gasteiger partial charge is 0.336 e. The molecule has 26 heavy (non-hydrogen) atoms. The SMILES string of the molecule is C[C@H]1CCCC[C@@]12NC(=O)N(CC(=O)N1CCc3ccccc3C1)C2=O. The van der Waals surface area contributed by atoms with Gasteiger partial charge in [-0.05, 0) is 36.3 Å². The number of amides is 4. The number of benzene rings is 1. The Labute approximate surface area is 153 Å². The smallest absolute Gasteiger partial charge is 0.325 e. The maximum Gasteiger partial charge on any atom is 0.325 e. The summed E-state index contributed by atoms with van der Waals surface area (Å²) >= 11 is 0. The number of carbonyl (C=O) groups excluding carboxylic acids is 3. The Morgan fingerprint density at radius 3 is 2.77 bits per heavy atom. The molecular formula is C20H25N3O3. The van der Waals surface area contributed by atoms with Gasteiger partial charge in [-0.3, -0.25) is 14.5 Å². The predicted molar refractivity (Wildman–Crippen MR) is 96.2 cm³/mol. The summed E-state index contributed by atoms with van der Waals surface area (Å²) in [5.41, 5.74) is 1.60. The molecule has 1 N–H and O–H groups in total. The van der Waals surface area contributed by atoms with Crippen LogP contribution >= 0.6 is 0 Å². The van der Waals surface area contributed by atoms with E-state index in [1.54, 1.807) is 4.90 Å². The summed E-state index contributed by atoms with van der Waals surface area (Å²) in [5, 5.41) is 2.91. The maximum absolute atomic E-state index is 13.0. The van der Waals surface area contributed by atoms with Crippen LogP contribution in [0.2, 0.25) is 0 Å². The van der Waals surface area contributed by atoms with Crippen LogP contribution in [-0.2, 0) is 22.6 Å². The molecule has 1 saturated carbocycles. The molecule has 1 aliphatic carbocycles. The van der Waals surface area contributed by atoms with Crippen molar-refractivity contribution in [1.82, 2.24) is 15.1 Å². The van der Waals surface area contributed by atoms with E-state index in [4.69, 9.17) is 0 Å². The van der Waals surface area contributed by atoms with Crippen LogP contribution in [0.3, 0.4) is 0 Å². The Morgan fingerprint density at radius 2 is 2.00 bits per heavy atom.